The highest BCUT2D eigenvalue weighted by molar-refractivity contribution is 6.33. The average molecular weight is 253 g/mol. The Hall–Kier alpha value is -0.730. The first-order valence-electron chi connectivity index (χ1n) is 6.37. The molecule has 0 amide bonds. The van der Waals surface area contributed by atoms with E-state index in [0.29, 0.717) is 6.04 Å². The standard InChI is InChI=1S/C14H21ClN2/c1-10(16)11-7-8-14(13(15)9-11)17(2)12-5-3-4-6-12/h7-10,12H,3-6,16H2,1-2H3/t10-/m0/s1. The van der Waals surface area contributed by atoms with E-state index in [1.165, 1.54) is 25.7 Å². The zero-order chi connectivity index (χ0) is 12.4. The van der Waals surface area contributed by atoms with Gasteiger partial charge in [-0.2, -0.15) is 0 Å². The summed E-state index contributed by atoms with van der Waals surface area (Å²) >= 11 is 6.35. The van der Waals surface area contributed by atoms with Crippen molar-refractivity contribution in [2.75, 3.05) is 11.9 Å². The molecule has 0 aliphatic heterocycles. The number of anilines is 1. The summed E-state index contributed by atoms with van der Waals surface area (Å²) in [4.78, 5) is 2.32. The van der Waals surface area contributed by atoms with E-state index in [-0.39, 0.29) is 6.04 Å². The summed E-state index contributed by atoms with van der Waals surface area (Å²) in [6, 6.07) is 6.86. The second kappa shape index (κ2) is 5.28. The predicted molar refractivity (Wildman–Crippen MR) is 74.7 cm³/mol. The first kappa shape index (κ1) is 12.7. The van der Waals surface area contributed by atoms with Crippen molar-refractivity contribution in [3.8, 4) is 0 Å². The Morgan fingerprint density at radius 1 is 1.35 bits per heavy atom. The molecule has 1 fully saturated rings. The third kappa shape index (κ3) is 2.75. The fraction of sp³-hybridized carbons (Fsp3) is 0.571. The third-order valence-corrected chi connectivity index (χ3v) is 4.05. The van der Waals surface area contributed by atoms with Crippen LogP contribution < -0.4 is 10.6 Å². The molecule has 0 spiro atoms. The molecule has 0 bridgehead atoms. The molecule has 1 aromatic carbocycles. The smallest absolute Gasteiger partial charge is 0.0642 e. The molecule has 2 N–H and O–H groups in total. The van der Waals surface area contributed by atoms with Gasteiger partial charge in [0, 0.05) is 19.1 Å². The average Bonchev–Trinajstić information content (AvgIpc) is 2.81. The second-order valence-corrected chi connectivity index (χ2v) is 5.46. The zero-order valence-electron chi connectivity index (χ0n) is 10.6. The maximum absolute atomic E-state index is 6.35. The van der Waals surface area contributed by atoms with Crippen molar-refractivity contribution in [2.24, 2.45) is 5.73 Å². The Bertz CT molecular complexity index is 384. The van der Waals surface area contributed by atoms with Gasteiger partial charge >= 0.3 is 0 Å². The SMILES string of the molecule is C[C@H](N)c1ccc(N(C)C2CCCC2)c(Cl)c1. The molecule has 1 aliphatic carbocycles. The van der Waals surface area contributed by atoms with Gasteiger partial charge in [0.15, 0.2) is 0 Å². The van der Waals surface area contributed by atoms with Crippen LogP contribution in [0.3, 0.4) is 0 Å². The summed E-state index contributed by atoms with van der Waals surface area (Å²) in [5.74, 6) is 0. The number of nitrogens with zero attached hydrogens (tertiary/aromatic N) is 1. The van der Waals surface area contributed by atoms with Gasteiger partial charge < -0.3 is 10.6 Å². The van der Waals surface area contributed by atoms with Gasteiger partial charge in [-0.25, -0.2) is 0 Å². The molecule has 17 heavy (non-hydrogen) atoms. The molecular weight excluding hydrogens is 232 g/mol. The van der Waals surface area contributed by atoms with E-state index < -0.39 is 0 Å². The Morgan fingerprint density at radius 3 is 2.53 bits per heavy atom. The summed E-state index contributed by atoms with van der Waals surface area (Å²) in [6.45, 7) is 1.98. The van der Waals surface area contributed by atoms with E-state index in [4.69, 9.17) is 17.3 Å². The fourth-order valence-corrected chi connectivity index (χ4v) is 2.90. The molecule has 2 nitrogen and oxygen atoms in total. The van der Waals surface area contributed by atoms with Crippen LogP contribution in [0.5, 0.6) is 0 Å². The van der Waals surface area contributed by atoms with Gasteiger partial charge in [0.2, 0.25) is 0 Å². The summed E-state index contributed by atoms with van der Waals surface area (Å²) < 4.78 is 0. The zero-order valence-corrected chi connectivity index (χ0v) is 11.4. The quantitative estimate of drug-likeness (QED) is 0.888. The summed E-state index contributed by atoms with van der Waals surface area (Å²) in [7, 11) is 2.14. The lowest BCUT2D eigenvalue weighted by molar-refractivity contribution is 0.653. The lowest BCUT2D eigenvalue weighted by Crippen LogP contribution is -2.29. The molecule has 3 heteroatoms. The minimum atomic E-state index is 0.0401. The van der Waals surface area contributed by atoms with Crippen molar-refractivity contribution < 1.29 is 0 Å². The second-order valence-electron chi connectivity index (χ2n) is 5.05. The van der Waals surface area contributed by atoms with Crippen LogP contribution in [-0.4, -0.2) is 13.1 Å². The Labute approximate surface area is 109 Å². The summed E-state index contributed by atoms with van der Waals surface area (Å²) in [6.07, 6.45) is 5.23. The summed E-state index contributed by atoms with van der Waals surface area (Å²) in [5, 5.41) is 0.814. The topological polar surface area (TPSA) is 29.3 Å². The van der Waals surface area contributed by atoms with E-state index in [2.05, 4.69) is 24.1 Å². The van der Waals surface area contributed by atoms with Crippen molar-refractivity contribution in [1.29, 1.82) is 0 Å². The molecule has 94 valence electrons. The van der Waals surface area contributed by atoms with Crippen LogP contribution in [-0.2, 0) is 0 Å². The molecule has 0 aromatic heterocycles. The first-order valence-corrected chi connectivity index (χ1v) is 6.75. The predicted octanol–water partition coefficient (Wildman–Crippen LogP) is 3.74. The molecule has 1 atom stereocenters. The van der Waals surface area contributed by atoms with Gasteiger partial charge in [-0.1, -0.05) is 30.5 Å². The highest BCUT2D eigenvalue weighted by Crippen LogP contribution is 2.33. The van der Waals surface area contributed by atoms with Crippen LogP contribution in [0.1, 0.15) is 44.2 Å². The number of hydrogen-bond acceptors (Lipinski definition) is 2. The van der Waals surface area contributed by atoms with Gasteiger partial charge in [0.05, 0.1) is 10.7 Å². The molecule has 2 rings (SSSR count). The molecule has 0 saturated heterocycles. The Morgan fingerprint density at radius 2 is 2.00 bits per heavy atom. The maximum Gasteiger partial charge on any atom is 0.0642 e. The molecule has 1 aromatic rings. The number of nitrogens with two attached hydrogens (primary N) is 1. The van der Waals surface area contributed by atoms with Crippen LogP contribution in [0.4, 0.5) is 5.69 Å². The minimum Gasteiger partial charge on any atom is -0.370 e. The van der Waals surface area contributed by atoms with Crippen LogP contribution in [0.2, 0.25) is 5.02 Å². The molecule has 1 saturated carbocycles. The van der Waals surface area contributed by atoms with Gasteiger partial charge in [-0.05, 0) is 37.5 Å². The molecule has 0 heterocycles. The van der Waals surface area contributed by atoms with E-state index >= 15 is 0 Å². The molecule has 0 unspecified atom stereocenters. The number of rotatable bonds is 3. The van der Waals surface area contributed by atoms with E-state index in [1.54, 1.807) is 0 Å². The van der Waals surface area contributed by atoms with E-state index in [9.17, 15) is 0 Å². The fourth-order valence-electron chi connectivity index (χ4n) is 2.58. The Balaban J connectivity index is 2.20. The minimum absolute atomic E-state index is 0.0401. The van der Waals surface area contributed by atoms with Crippen molar-refractivity contribution >= 4 is 17.3 Å². The monoisotopic (exact) mass is 252 g/mol. The molecule has 1 aliphatic rings. The van der Waals surface area contributed by atoms with Crippen LogP contribution in [0.15, 0.2) is 18.2 Å². The normalized spacial score (nSPS) is 18.4. The summed E-state index contributed by atoms with van der Waals surface area (Å²) in [5.41, 5.74) is 8.08. The van der Waals surface area contributed by atoms with Gasteiger partial charge in [0.25, 0.3) is 0 Å². The van der Waals surface area contributed by atoms with Gasteiger partial charge in [0.1, 0.15) is 0 Å². The first-order chi connectivity index (χ1) is 8.09. The number of benzene rings is 1. The van der Waals surface area contributed by atoms with Crippen molar-refractivity contribution in [3.05, 3.63) is 28.8 Å². The van der Waals surface area contributed by atoms with Crippen LogP contribution in [0.25, 0.3) is 0 Å². The van der Waals surface area contributed by atoms with Crippen molar-refractivity contribution in [3.63, 3.8) is 0 Å². The highest BCUT2D eigenvalue weighted by Gasteiger charge is 2.21. The number of hydrogen-bond donors (Lipinski definition) is 1. The molecule has 0 radical (unpaired) electrons. The van der Waals surface area contributed by atoms with Gasteiger partial charge in [-0.15, -0.1) is 0 Å². The molecular formula is C14H21ClN2. The largest absolute Gasteiger partial charge is 0.370 e. The lowest BCUT2D eigenvalue weighted by Gasteiger charge is -2.27. The Kier molecular flexibility index (Phi) is 3.95. The van der Waals surface area contributed by atoms with E-state index in [1.807, 2.05) is 13.0 Å². The lowest BCUT2D eigenvalue weighted by atomic mass is 10.1. The van der Waals surface area contributed by atoms with Crippen molar-refractivity contribution in [1.82, 2.24) is 0 Å². The third-order valence-electron chi connectivity index (χ3n) is 3.75. The van der Waals surface area contributed by atoms with Gasteiger partial charge in [-0.3, -0.25) is 0 Å². The number of halogens is 1. The van der Waals surface area contributed by atoms with E-state index in [0.717, 1.165) is 16.3 Å². The van der Waals surface area contributed by atoms with Crippen LogP contribution in [0, 0.1) is 0 Å². The van der Waals surface area contributed by atoms with Crippen molar-refractivity contribution in [2.45, 2.75) is 44.7 Å². The van der Waals surface area contributed by atoms with Crippen LogP contribution >= 0.6 is 11.6 Å². The highest BCUT2D eigenvalue weighted by atomic mass is 35.5. The maximum atomic E-state index is 6.35.